The first-order chi connectivity index (χ1) is 9.06. The van der Waals surface area contributed by atoms with Crippen molar-refractivity contribution in [1.82, 2.24) is 20.1 Å². The number of hydrogen-bond donors (Lipinski definition) is 1. The van der Waals surface area contributed by atoms with E-state index >= 15 is 0 Å². The Morgan fingerprint density at radius 3 is 2.58 bits per heavy atom. The molecule has 0 saturated heterocycles. The van der Waals surface area contributed by atoms with E-state index in [1.165, 1.54) is 12.8 Å². The minimum absolute atomic E-state index is 0.350. The summed E-state index contributed by atoms with van der Waals surface area (Å²) >= 11 is 1.96. The van der Waals surface area contributed by atoms with Gasteiger partial charge in [-0.2, -0.15) is 16.9 Å². The molecule has 0 fully saturated rings. The molecule has 0 aromatic carbocycles. The summed E-state index contributed by atoms with van der Waals surface area (Å²) in [5.74, 6) is 1.63. The summed E-state index contributed by atoms with van der Waals surface area (Å²) in [6.45, 7) is 11.7. The van der Waals surface area contributed by atoms with Gasteiger partial charge in [0.2, 0.25) is 0 Å². The number of thioether (sulfide) groups is 1. The van der Waals surface area contributed by atoms with Crippen molar-refractivity contribution in [3.63, 3.8) is 0 Å². The molecule has 1 aromatic heterocycles. The van der Waals surface area contributed by atoms with Gasteiger partial charge in [-0.3, -0.25) is 0 Å². The lowest BCUT2D eigenvalue weighted by Crippen LogP contribution is -2.36. The molecule has 0 aliphatic rings. The predicted molar refractivity (Wildman–Crippen MR) is 83.4 cm³/mol. The average Bonchev–Trinajstić information content (AvgIpc) is 2.82. The van der Waals surface area contributed by atoms with E-state index in [0.29, 0.717) is 10.7 Å². The number of nitrogens with zero attached hydrogens (tertiary/aromatic N) is 3. The molecule has 0 aliphatic carbocycles. The first kappa shape index (κ1) is 16.5. The second-order valence-electron chi connectivity index (χ2n) is 5.45. The summed E-state index contributed by atoms with van der Waals surface area (Å²) in [7, 11) is 0. The van der Waals surface area contributed by atoms with E-state index in [2.05, 4.69) is 49.4 Å². The van der Waals surface area contributed by atoms with Gasteiger partial charge in [-0.1, -0.05) is 27.7 Å². The zero-order valence-corrected chi connectivity index (χ0v) is 13.8. The van der Waals surface area contributed by atoms with E-state index in [-0.39, 0.29) is 0 Å². The molecule has 0 spiro atoms. The third-order valence-electron chi connectivity index (χ3n) is 3.69. The molecule has 0 amide bonds. The van der Waals surface area contributed by atoms with Crippen molar-refractivity contribution in [3.8, 4) is 0 Å². The third-order valence-corrected chi connectivity index (χ3v) is 5.27. The van der Waals surface area contributed by atoms with Gasteiger partial charge in [0.05, 0.1) is 6.54 Å². The second kappa shape index (κ2) is 7.90. The Morgan fingerprint density at radius 1 is 1.37 bits per heavy atom. The van der Waals surface area contributed by atoms with E-state index in [4.69, 9.17) is 0 Å². The lowest BCUT2D eigenvalue weighted by atomic mass is 10.0. The standard InChI is InChI=1S/C14H28N4S/c1-6-14(7-2,19-5)10-15-8-13-16-11-17-18(13)9-12(3)4/h11-12,15H,6-10H2,1-5H3. The van der Waals surface area contributed by atoms with Gasteiger partial charge in [0.25, 0.3) is 0 Å². The Balaban J connectivity index is 2.51. The first-order valence-corrected chi connectivity index (χ1v) is 8.42. The second-order valence-corrected chi connectivity index (χ2v) is 6.72. The van der Waals surface area contributed by atoms with E-state index in [0.717, 1.165) is 25.5 Å². The van der Waals surface area contributed by atoms with Gasteiger partial charge in [0.15, 0.2) is 0 Å². The number of hydrogen-bond acceptors (Lipinski definition) is 4. The Morgan fingerprint density at radius 2 is 2.05 bits per heavy atom. The Kier molecular flexibility index (Phi) is 6.86. The van der Waals surface area contributed by atoms with Crippen LogP contribution in [0.25, 0.3) is 0 Å². The predicted octanol–water partition coefficient (Wildman–Crippen LogP) is 2.95. The Bertz CT molecular complexity index is 350. The van der Waals surface area contributed by atoms with Crippen LogP contribution < -0.4 is 5.32 Å². The molecule has 0 atom stereocenters. The smallest absolute Gasteiger partial charge is 0.140 e. The number of aromatic nitrogens is 3. The first-order valence-electron chi connectivity index (χ1n) is 7.19. The maximum absolute atomic E-state index is 4.35. The lowest BCUT2D eigenvalue weighted by Gasteiger charge is -2.29. The summed E-state index contributed by atoms with van der Waals surface area (Å²) in [6.07, 6.45) is 6.24. The highest BCUT2D eigenvalue weighted by molar-refractivity contribution is 8.00. The van der Waals surface area contributed by atoms with Crippen LogP contribution >= 0.6 is 11.8 Å². The summed E-state index contributed by atoms with van der Waals surface area (Å²) in [5, 5.41) is 7.84. The van der Waals surface area contributed by atoms with Crippen LogP contribution in [0, 0.1) is 5.92 Å². The fraction of sp³-hybridized carbons (Fsp3) is 0.857. The fourth-order valence-electron chi connectivity index (χ4n) is 2.19. The normalized spacial score (nSPS) is 12.3. The lowest BCUT2D eigenvalue weighted by molar-refractivity contribution is 0.444. The van der Waals surface area contributed by atoms with E-state index < -0.39 is 0 Å². The summed E-state index contributed by atoms with van der Waals surface area (Å²) in [4.78, 5) is 4.35. The third kappa shape index (κ3) is 4.80. The number of rotatable bonds is 9. The highest BCUT2D eigenvalue weighted by Crippen LogP contribution is 2.29. The molecule has 0 unspecified atom stereocenters. The van der Waals surface area contributed by atoms with Crippen molar-refractivity contribution in [3.05, 3.63) is 12.2 Å². The summed E-state index contributed by atoms with van der Waals surface area (Å²) in [5.41, 5.74) is 0. The molecule has 1 heterocycles. The van der Waals surface area contributed by atoms with Gasteiger partial charge in [-0.05, 0) is 25.0 Å². The maximum atomic E-state index is 4.35. The SMILES string of the molecule is CCC(CC)(CNCc1ncnn1CC(C)C)SC. The van der Waals surface area contributed by atoms with Crippen LogP contribution in [0.5, 0.6) is 0 Å². The average molecular weight is 284 g/mol. The van der Waals surface area contributed by atoms with Crippen LogP contribution in [0.4, 0.5) is 0 Å². The van der Waals surface area contributed by atoms with Gasteiger partial charge in [0, 0.05) is 17.8 Å². The van der Waals surface area contributed by atoms with Crippen LogP contribution in [-0.2, 0) is 13.1 Å². The molecule has 0 radical (unpaired) electrons. The molecule has 5 heteroatoms. The largest absolute Gasteiger partial charge is 0.308 e. The van der Waals surface area contributed by atoms with E-state index in [1.54, 1.807) is 6.33 Å². The molecule has 1 rings (SSSR count). The highest BCUT2D eigenvalue weighted by Gasteiger charge is 2.24. The van der Waals surface area contributed by atoms with E-state index in [9.17, 15) is 0 Å². The topological polar surface area (TPSA) is 42.7 Å². The minimum atomic E-state index is 0.350. The quantitative estimate of drug-likeness (QED) is 0.757. The molecule has 1 aromatic rings. The molecule has 0 aliphatic heterocycles. The molecule has 1 N–H and O–H groups in total. The monoisotopic (exact) mass is 284 g/mol. The minimum Gasteiger partial charge on any atom is -0.308 e. The van der Waals surface area contributed by atoms with E-state index in [1.807, 2.05) is 16.4 Å². The van der Waals surface area contributed by atoms with Gasteiger partial charge < -0.3 is 5.32 Å². The Labute approximate surface area is 121 Å². The van der Waals surface area contributed by atoms with Crippen molar-refractivity contribution < 1.29 is 0 Å². The highest BCUT2D eigenvalue weighted by atomic mass is 32.2. The van der Waals surface area contributed by atoms with Crippen LogP contribution in [0.2, 0.25) is 0 Å². The van der Waals surface area contributed by atoms with Crippen molar-refractivity contribution in [2.24, 2.45) is 5.92 Å². The molecular weight excluding hydrogens is 256 g/mol. The zero-order valence-electron chi connectivity index (χ0n) is 12.9. The van der Waals surface area contributed by atoms with Crippen LogP contribution in [-0.4, -0.2) is 32.3 Å². The molecule has 4 nitrogen and oxygen atoms in total. The molecular formula is C14H28N4S. The molecule has 0 saturated carbocycles. The molecule has 19 heavy (non-hydrogen) atoms. The summed E-state index contributed by atoms with van der Waals surface area (Å²) < 4.78 is 2.36. The molecule has 110 valence electrons. The van der Waals surface area contributed by atoms with Crippen molar-refractivity contribution in [2.75, 3.05) is 12.8 Å². The Hall–Kier alpha value is -0.550. The van der Waals surface area contributed by atoms with Gasteiger partial charge in [0.1, 0.15) is 12.2 Å². The van der Waals surface area contributed by atoms with Crippen LogP contribution in [0.15, 0.2) is 6.33 Å². The zero-order chi connectivity index (χ0) is 14.3. The summed E-state index contributed by atoms with van der Waals surface area (Å²) in [6, 6.07) is 0. The van der Waals surface area contributed by atoms with Gasteiger partial charge >= 0.3 is 0 Å². The van der Waals surface area contributed by atoms with Crippen molar-refractivity contribution in [1.29, 1.82) is 0 Å². The number of nitrogens with one attached hydrogen (secondary N) is 1. The van der Waals surface area contributed by atoms with Crippen LogP contribution in [0.3, 0.4) is 0 Å². The van der Waals surface area contributed by atoms with Crippen molar-refractivity contribution >= 4 is 11.8 Å². The van der Waals surface area contributed by atoms with Crippen molar-refractivity contribution in [2.45, 2.75) is 58.4 Å². The maximum Gasteiger partial charge on any atom is 0.140 e. The fourth-order valence-corrected chi connectivity index (χ4v) is 3.01. The van der Waals surface area contributed by atoms with Gasteiger partial charge in [-0.15, -0.1) is 0 Å². The molecule has 0 bridgehead atoms. The van der Waals surface area contributed by atoms with Gasteiger partial charge in [-0.25, -0.2) is 9.67 Å². The van der Waals surface area contributed by atoms with Crippen LogP contribution in [0.1, 0.15) is 46.4 Å².